The van der Waals surface area contributed by atoms with Crippen molar-refractivity contribution >= 4 is 22.8 Å². The molecular formula is C27H21F4NO5. The zero-order valence-corrected chi connectivity index (χ0v) is 19.7. The standard InChI is InChI=1S/C27H21F4NO5/c1-32-25(33)23-19-13-18(15-5-8-21(36-2)20(11-15)26(34)35)16(9-10-27(29,30)31)12-22(19)37-24(23)14-3-6-17(28)7-4-14/h3-8,11-13H,9-10H2,1-2H3,(H,32,33)(H,34,35). The molecule has 37 heavy (non-hydrogen) atoms. The molecule has 0 aliphatic rings. The van der Waals surface area contributed by atoms with E-state index in [1.807, 2.05) is 0 Å². The average molecular weight is 515 g/mol. The number of furan rings is 1. The van der Waals surface area contributed by atoms with E-state index < -0.39 is 36.7 Å². The van der Waals surface area contributed by atoms with Gasteiger partial charge in [-0.1, -0.05) is 6.07 Å². The molecule has 1 heterocycles. The number of ether oxygens (including phenoxy) is 1. The Morgan fingerprint density at radius 1 is 1.03 bits per heavy atom. The molecule has 2 N–H and O–H groups in total. The number of nitrogens with one attached hydrogen (secondary N) is 1. The van der Waals surface area contributed by atoms with Gasteiger partial charge in [0.1, 0.15) is 28.5 Å². The first-order chi connectivity index (χ1) is 17.5. The second-order valence-electron chi connectivity index (χ2n) is 8.23. The molecule has 6 nitrogen and oxygen atoms in total. The Hall–Kier alpha value is -4.34. The van der Waals surface area contributed by atoms with E-state index in [9.17, 15) is 32.3 Å². The Bertz CT molecular complexity index is 1490. The second kappa shape index (κ2) is 9.96. The molecule has 0 radical (unpaired) electrons. The summed E-state index contributed by atoms with van der Waals surface area (Å²) in [6.45, 7) is 0. The molecule has 0 fully saturated rings. The van der Waals surface area contributed by atoms with E-state index in [0.717, 1.165) is 0 Å². The topological polar surface area (TPSA) is 88.8 Å². The van der Waals surface area contributed by atoms with E-state index in [-0.39, 0.29) is 33.8 Å². The zero-order valence-electron chi connectivity index (χ0n) is 19.7. The molecule has 10 heteroatoms. The van der Waals surface area contributed by atoms with Crippen molar-refractivity contribution in [2.45, 2.75) is 19.0 Å². The molecule has 0 aliphatic heterocycles. The molecule has 1 aromatic heterocycles. The number of benzene rings is 3. The zero-order chi connectivity index (χ0) is 26.9. The van der Waals surface area contributed by atoms with Crippen LogP contribution in [0.4, 0.5) is 17.6 Å². The maximum Gasteiger partial charge on any atom is 0.389 e. The van der Waals surface area contributed by atoms with Crippen LogP contribution in [0.15, 0.2) is 59.0 Å². The first-order valence-corrected chi connectivity index (χ1v) is 11.1. The molecule has 4 aromatic rings. The number of alkyl halides is 3. The van der Waals surface area contributed by atoms with Crippen LogP contribution in [0.2, 0.25) is 0 Å². The minimum absolute atomic E-state index is 0.0853. The fourth-order valence-electron chi connectivity index (χ4n) is 4.13. The lowest BCUT2D eigenvalue weighted by Gasteiger charge is -2.14. The number of carbonyl (C=O) groups excluding carboxylic acids is 1. The Balaban J connectivity index is 2.00. The number of amides is 1. The van der Waals surface area contributed by atoms with Crippen LogP contribution >= 0.6 is 0 Å². The highest BCUT2D eigenvalue weighted by molar-refractivity contribution is 6.12. The van der Waals surface area contributed by atoms with E-state index in [2.05, 4.69) is 5.32 Å². The molecule has 0 spiro atoms. The number of methoxy groups -OCH3 is 1. The minimum atomic E-state index is -4.44. The van der Waals surface area contributed by atoms with Crippen molar-refractivity contribution in [3.05, 3.63) is 77.1 Å². The molecule has 3 aromatic carbocycles. The van der Waals surface area contributed by atoms with E-state index in [1.165, 1.54) is 68.8 Å². The number of carboxylic acid groups (broad SMARTS) is 1. The molecule has 0 bridgehead atoms. The monoisotopic (exact) mass is 515 g/mol. The Labute approximate surface area is 208 Å². The van der Waals surface area contributed by atoms with Gasteiger partial charge in [-0.05, 0) is 71.6 Å². The van der Waals surface area contributed by atoms with Gasteiger partial charge in [-0.15, -0.1) is 0 Å². The van der Waals surface area contributed by atoms with Crippen molar-refractivity contribution in [3.8, 4) is 28.2 Å². The summed E-state index contributed by atoms with van der Waals surface area (Å²) in [6.07, 6.45) is -5.97. The normalized spacial score (nSPS) is 11.5. The van der Waals surface area contributed by atoms with Crippen LogP contribution in [-0.4, -0.2) is 37.3 Å². The number of fused-ring (bicyclic) bond motifs is 1. The summed E-state index contributed by atoms with van der Waals surface area (Å²) in [5.41, 5.74) is 1.36. The summed E-state index contributed by atoms with van der Waals surface area (Å²) in [4.78, 5) is 24.6. The van der Waals surface area contributed by atoms with Crippen LogP contribution in [0.25, 0.3) is 33.4 Å². The van der Waals surface area contributed by atoms with Crippen molar-refractivity contribution in [2.75, 3.05) is 14.2 Å². The van der Waals surface area contributed by atoms with Crippen LogP contribution in [0.5, 0.6) is 5.75 Å². The molecule has 4 rings (SSSR count). The Morgan fingerprint density at radius 2 is 1.70 bits per heavy atom. The molecule has 1 amide bonds. The van der Waals surface area contributed by atoms with Crippen molar-refractivity contribution in [2.24, 2.45) is 0 Å². The van der Waals surface area contributed by atoms with Gasteiger partial charge in [0.15, 0.2) is 0 Å². The molecule has 192 valence electrons. The summed E-state index contributed by atoms with van der Waals surface area (Å²) in [6, 6.07) is 12.4. The van der Waals surface area contributed by atoms with Crippen LogP contribution in [0, 0.1) is 5.82 Å². The van der Waals surface area contributed by atoms with E-state index in [1.54, 1.807) is 0 Å². The van der Waals surface area contributed by atoms with Gasteiger partial charge in [-0.25, -0.2) is 9.18 Å². The quantitative estimate of drug-likeness (QED) is 0.276. The van der Waals surface area contributed by atoms with Gasteiger partial charge in [0.25, 0.3) is 5.91 Å². The summed E-state index contributed by atoms with van der Waals surface area (Å²) >= 11 is 0. The maximum absolute atomic E-state index is 13.5. The number of hydrogen-bond acceptors (Lipinski definition) is 4. The fraction of sp³-hybridized carbons (Fsp3) is 0.185. The summed E-state index contributed by atoms with van der Waals surface area (Å²) in [5.74, 6) is -2.08. The lowest BCUT2D eigenvalue weighted by atomic mass is 9.92. The SMILES string of the molecule is CNC(=O)c1c(-c2ccc(F)cc2)oc2cc(CCC(F)(F)F)c(-c3ccc(OC)c(C(=O)O)c3)cc12. The van der Waals surface area contributed by atoms with Crippen LogP contribution in [-0.2, 0) is 6.42 Å². The number of carboxylic acids is 1. The maximum atomic E-state index is 13.5. The second-order valence-corrected chi connectivity index (χ2v) is 8.23. The average Bonchev–Trinajstić information content (AvgIpc) is 3.24. The third kappa shape index (κ3) is 5.28. The fourth-order valence-corrected chi connectivity index (χ4v) is 4.13. The first kappa shape index (κ1) is 25.7. The Morgan fingerprint density at radius 3 is 2.30 bits per heavy atom. The molecule has 0 saturated heterocycles. The largest absolute Gasteiger partial charge is 0.496 e. The number of aryl methyl sites for hydroxylation is 1. The van der Waals surface area contributed by atoms with Gasteiger partial charge >= 0.3 is 12.1 Å². The number of halogens is 4. The van der Waals surface area contributed by atoms with E-state index in [0.29, 0.717) is 22.1 Å². The molecule has 0 aliphatic carbocycles. The highest BCUT2D eigenvalue weighted by Crippen LogP contribution is 2.39. The predicted octanol–water partition coefficient (Wildman–Crippen LogP) is 6.47. The first-order valence-electron chi connectivity index (χ1n) is 11.1. The number of rotatable bonds is 7. The molecule has 0 atom stereocenters. The number of aromatic carboxylic acids is 1. The lowest BCUT2D eigenvalue weighted by molar-refractivity contribution is -0.133. The molecular weight excluding hydrogens is 494 g/mol. The highest BCUT2D eigenvalue weighted by Gasteiger charge is 2.29. The van der Waals surface area contributed by atoms with Gasteiger partial charge in [-0.2, -0.15) is 13.2 Å². The third-order valence-corrected chi connectivity index (χ3v) is 5.89. The van der Waals surface area contributed by atoms with Gasteiger partial charge in [0.2, 0.25) is 0 Å². The Kier molecular flexibility index (Phi) is 6.93. The number of hydrogen-bond donors (Lipinski definition) is 2. The van der Waals surface area contributed by atoms with Crippen molar-refractivity contribution in [1.29, 1.82) is 0 Å². The van der Waals surface area contributed by atoms with Gasteiger partial charge < -0.3 is 19.6 Å². The molecule has 0 unspecified atom stereocenters. The van der Waals surface area contributed by atoms with Gasteiger partial charge in [0, 0.05) is 24.4 Å². The minimum Gasteiger partial charge on any atom is -0.496 e. The van der Waals surface area contributed by atoms with Gasteiger partial charge in [-0.3, -0.25) is 4.79 Å². The van der Waals surface area contributed by atoms with Crippen molar-refractivity contribution < 1.29 is 41.4 Å². The van der Waals surface area contributed by atoms with E-state index >= 15 is 0 Å². The third-order valence-electron chi connectivity index (χ3n) is 5.89. The smallest absolute Gasteiger partial charge is 0.389 e. The summed E-state index contributed by atoms with van der Waals surface area (Å²) in [5, 5.41) is 12.4. The van der Waals surface area contributed by atoms with Crippen LogP contribution in [0.3, 0.4) is 0 Å². The predicted molar refractivity (Wildman–Crippen MR) is 128 cm³/mol. The van der Waals surface area contributed by atoms with E-state index in [4.69, 9.17) is 9.15 Å². The van der Waals surface area contributed by atoms with Gasteiger partial charge in [0.05, 0.1) is 12.7 Å². The summed E-state index contributed by atoms with van der Waals surface area (Å²) in [7, 11) is 2.72. The van der Waals surface area contributed by atoms with Crippen LogP contribution in [0.1, 0.15) is 32.7 Å². The van der Waals surface area contributed by atoms with Crippen molar-refractivity contribution in [3.63, 3.8) is 0 Å². The van der Waals surface area contributed by atoms with Crippen molar-refractivity contribution in [1.82, 2.24) is 5.32 Å². The molecule has 0 saturated carbocycles. The highest BCUT2D eigenvalue weighted by atomic mass is 19.4. The number of carbonyl (C=O) groups is 2. The van der Waals surface area contributed by atoms with Crippen LogP contribution < -0.4 is 10.1 Å². The lowest BCUT2D eigenvalue weighted by Crippen LogP contribution is -2.18. The summed E-state index contributed by atoms with van der Waals surface area (Å²) < 4.78 is 63.9.